The number of amides is 1. The molecule has 0 saturated heterocycles. The number of aromatic nitrogens is 5. The molecule has 1 amide bonds. The molecule has 0 unspecified atom stereocenters. The molecule has 4 aromatic rings. The molecule has 3 N–H and O–H groups in total. The SMILES string of the molecule is CCNC(=O)c1cc(F)c(-c2nc(Nc3ccc4[nH]ncc4c3)n(C)n2)c(F)c1. The highest BCUT2D eigenvalue weighted by atomic mass is 19.1. The normalized spacial score (nSPS) is 11.0. The van der Waals surface area contributed by atoms with Crippen molar-refractivity contribution in [2.75, 3.05) is 11.9 Å². The highest BCUT2D eigenvalue weighted by Crippen LogP contribution is 2.27. The molecule has 2 aromatic carbocycles. The van der Waals surface area contributed by atoms with Crippen LogP contribution in [0.25, 0.3) is 22.3 Å². The summed E-state index contributed by atoms with van der Waals surface area (Å²) in [5, 5.41) is 17.4. The molecular weight excluding hydrogens is 380 g/mol. The summed E-state index contributed by atoms with van der Waals surface area (Å²) in [6.07, 6.45) is 1.68. The fourth-order valence-corrected chi connectivity index (χ4v) is 2.93. The van der Waals surface area contributed by atoms with Crippen LogP contribution in [0.2, 0.25) is 0 Å². The molecule has 0 aliphatic carbocycles. The van der Waals surface area contributed by atoms with Crippen molar-refractivity contribution in [3.8, 4) is 11.4 Å². The maximum absolute atomic E-state index is 14.6. The number of aryl methyl sites for hydroxylation is 1. The molecule has 8 nitrogen and oxygen atoms in total. The predicted molar refractivity (Wildman–Crippen MR) is 104 cm³/mol. The smallest absolute Gasteiger partial charge is 0.251 e. The molecule has 0 saturated carbocycles. The first-order chi connectivity index (χ1) is 14.0. The molecule has 29 heavy (non-hydrogen) atoms. The summed E-state index contributed by atoms with van der Waals surface area (Å²) in [7, 11) is 1.61. The van der Waals surface area contributed by atoms with Crippen LogP contribution in [0.3, 0.4) is 0 Å². The van der Waals surface area contributed by atoms with Crippen LogP contribution in [0.5, 0.6) is 0 Å². The van der Waals surface area contributed by atoms with Crippen molar-refractivity contribution >= 4 is 28.4 Å². The molecule has 0 radical (unpaired) electrons. The maximum atomic E-state index is 14.6. The Bertz CT molecular complexity index is 1190. The van der Waals surface area contributed by atoms with E-state index >= 15 is 0 Å². The molecule has 0 fully saturated rings. The molecule has 2 heterocycles. The Morgan fingerprint density at radius 2 is 1.97 bits per heavy atom. The van der Waals surface area contributed by atoms with Gasteiger partial charge < -0.3 is 10.6 Å². The lowest BCUT2D eigenvalue weighted by Crippen LogP contribution is -2.23. The number of anilines is 2. The predicted octanol–water partition coefficient (Wildman–Crippen LogP) is 3.13. The van der Waals surface area contributed by atoms with Crippen LogP contribution in [0.1, 0.15) is 17.3 Å². The molecule has 0 atom stereocenters. The van der Waals surface area contributed by atoms with Crippen LogP contribution in [-0.4, -0.2) is 37.4 Å². The van der Waals surface area contributed by atoms with Gasteiger partial charge in [0.1, 0.15) is 11.6 Å². The van der Waals surface area contributed by atoms with E-state index < -0.39 is 23.1 Å². The topological polar surface area (TPSA) is 101 Å². The Morgan fingerprint density at radius 3 is 2.69 bits per heavy atom. The van der Waals surface area contributed by atoms with Crippen LogP contribution in [-0.2, 0) is 7.05 Å². The largest absolute Gasteiger partial charge is 0.352 e. The number of fused-ring (bicyclic) bond motifs is 1. The van der Waals surface area contributed by atoms with Gasteiger partial charge in [-0.05, 0) is 37.3 Å². The lowest BCUT2D eigenvalue weighted by molar-refractivity contribution is 0.0955. The van der Waals surface area contributed by atoms with Gasteiger partial charge in [-0.3, -0.25) is 9.89 Å². The average molecular weight is 397 g/mol. The zero-order chi connectivity index (χ0) is 20.5. The lowest BCUT2D eigenvalue weighted by Gasteiger charge is -2.06. The van der Waals surface area contributed by atoms with Crippen LogP contribution in [0, 0.1) is 11.6 Å². The first-order valence-corrected chi connectivity index (χ1v) is 8.85. The first-order valence-electron chi connectivity index (χ1n) is 8.85. The Labute approximate surface area is 164 Å². The third-order valence-electron chi connectivity index (χ3n) is 4.32. The van der Waals surface area contributed by atoms with E-state index in [-0.39, 0.29) is 11.4 Å². The summed E-state index contributed by atoms with van der Waals surface area (Å²) in [6, 6.07) is 7.47. The number of hydrogen-bond acceptors (Lipinski definition) is 5. The van der Waals surface area contributed by atoms with Crippen molar-refractivity contribution < 1.29 is 13.6 Å². The monoisotopic (exact) mass is 397 g/mol. The van der Waals surface area contributed by atoms with Crippen molar-refractivity contribution in [3.63, 3.8) is 0 Å². The number of carbonyl (C=O) groups is 1. The van der Waals surface area contributed by atoms with Crippen molar-refractivity contribution in [3.05, 3.63) is 53.7 Å². The summed E-state index contributed by atoms with van der Waals surface area (Å²) >= 11 is 0. The van der Waals surface area contributed by atoms with Gasteiger partial charge in [0.25, 0.3) is 5.91 Å². The van der Waals surface area contributed by atoms with E-state index in [9.17, 15) is 13.6 Å². The summed E-state index contributed by atoms with van der Waals surface area (Å²) in [6.45, 7) is 2.07. The Hall–Kier alpha value is -3.82. The summed E-state index contributed by atoms with van der Waals surface area (Å²) < 4.78 is 30.5. The molecule has 2 aromatic heterocycles. The molecule has 0 aliphatic rings. The zero-order valence-corrected chi connectivity index (χ0v) is 15.6. The number of H-pyrrole nitrogens is 1. The quantitative estimate of drug-likeness (QED) is 0.480. The van der Waals surface area contributed by atoms with Gasteiger partial charge in [-0.2, -0.15) is 10.1 Å². The number of carbonyl (C=O) groups excluding carboxylic acids is 1. The second-order valence-corrected chi connectivity index (χ2v) is 6.35. The highest BCUT2D eigenvalue weighted by molar-refractivity contribution is 5.94. The van der Waals surface area contributed by atoms with Crippen molar-refractivity contribution in [1.82, 2.24) is 30.3 Å². The molecule has 148 valence electrons. The van der Waals surface area contributed by atoms with Gasteiger partial charge in [-0.25, -0.2) is 13.5 Å². The van der Waals surface area contributed by atoms with Gasteiger partial charge in [0, 0.05) is 30.2 Å². The van der Waals surface area contributed by atoms with Crippen LogP contribution >= 0.6 is 0 Å². The second kappa shape index (κ2) is 7.30. The van der Waals surface area contributed by atoms with Gasteiger partial charge in [0.2, 0.25) is 5.95 Å². The molecule has 0 bridgehead atoms. The molecule has 0 aliphatic heterocycles. The second-order valence-electron chi connectivity index (χ2n) is 6.35. The number of halogens is 2. The third kappa shape index (κ3) is 3.51. The van der Waals surface area contributed by atoms with Crippen LogP contribution in [0.4, 0.5) is 20.4 Å². The molecule has 10 heteroatoms. The molecular formula is C19H17F2N7O. The van der Waals surface area contributed by atoms with E-state index in [0.29, 0.717) is 18.2 Å². The number of aromatic amines is 1. The average Bonchev–Trinajstić information content (AvgIpc) is 3.28. The number of hydrogen-bond donors (Lipinski definition) is 3. The number of nitrogens with zero attached hydrogens (tertiary/aromatic N) is 4. The van der Waals surface area contributed by atoms with E-state index in [1.165, 1.54) is 4.68 Å². The van der Waals surface area contributed by atoms with E-state index in [1.807, 2.05) is 18.2 Å². The van der Waals surface area contributed by atoms with Crippen molar-refractivity contribution in [2.45, 2.75) is 6.92 Å². The standard InChI is InChI=1S/C19H17F2N7O/c1-3-22-18(29)10-7-13(20)16(14(21)8-10)17-25-19(28(2)27-17)24-12-4-5-15-11(6-12)9-23-26-15/h4-9H,3H2,1-2H3,(H,22,29)(H,23,26)(H,24,25,27). The molecule has 4 rings (SSSR count). The van der Waals surface area contributed by atoms with Gasteiger partial charge >= 0.3 is 0 Å². The zero-order valence-electron chi connectivity index (χ0n) is 15.6. The lowest BCUT2D eigenvalue weighted by atomic mass is 10.1. The van der Waals surface area contributed by atoms with E-state index in [1.54, 1.807) is 20.2 Å². The first kappa shape index (κ1) is 18.5. The number of rotatable bonds is 5. The number of nitrogens with one attached hydrogen (secondary N) is 3. The van der Waals surface area contributed by atoms with Crippen molar-refractivity contribution in [2.24, 2.45) is 7.05 Å². The minimum Gasteiger partial charge on any atom is -0.352 e. The van der Waals surface area contributed by atoms with Crippen LogP contribution in [0.15, 0.2) is 36.5 Å². The number of benzene rings is 2. The van der Waals surface area contributed by atoms with E-state index in [2.05, 4.69) is 30.9 Å². The fourth-order valence-electron chi connectivity index (χ4n) is 2.93. The van der Waals surface area contributed by atoms with Gasteiger partial charge in [0.05, 0.1) is 17.3 Å². The van der Waals surface area contributed by atoms with E-state index in [0.717, 1.165) is 23.0 Å². The molecule has 0 spiro atoms. The van der Waals surface area contributed by atoms with Gasteiger partial charge in [-0.1, -0.05) is 0 Å². The van der Waals surface area contributed by atoms with E-state index in [4.69, 9.17) is 0 Å². The van der Waals surface area contributed by atoms with Gasteiger partial charge in [0.15, 0.2) is 5.82 Å². The maximum Gasteiger partial charge on any atom is 0.251 e. The van der Waals surface area contributed by atoms with Crippen LogP contribution < -0.4 is 10.6 Å². The minimum atomic E-state index is -0.914. The highest BCUT2D eigenvalue weighted by Gasteiger charge is 2.21. The summed E-state index contributed by atoms with van der Waals surface area (Å²) in [4.78, 5) is 16.0. The summed E-state index contributed by atoms with van der Waals surface area (Å²) in [5.41, 5.74) is 1.10. The Balaban J connectivity index is 1.66. The Morgan fingerprint density at radius 1 is 1.21 bits per heavy atom. The Kier molecular flexibility index (Phi) is 4.67. The third-order valence-corrected chi connectivity index (χ3v) is 4.32. The van der Waals surface area contributed by atoms with Gasteiger partial charge in [-0.15, -0.1) is 5.10 Å². The van der Waals surface area contributed by atoms with Crippen molar-refractivity contribution in [1.29, 1.82) is 0 Å². The fraction of sp³-hybridized carbons (Fsp3) is 0.158. The minimum absolute atomic E-state index is 0.103. The summed E-state index contributed by atoms with van der Waals surface area (Å²) in [5.74, 6) is -2.21.